The van der Waals surface area contributed by atoms with Crippen LogP contribution in [0.15, 0.2) is 180 Å². The Morgan fingerprint density at radius 1 is 0.310 bits per heavy atom. The fraction of sp³-hybridized carbons (Fsp3) is 0.395. The molecule has 30 heteroatoms. The number of nitrogens with one attached hydrogen (secondary N) is 2. The number of benzene rings is 4. The number of nitrogens with zero attached hydrogens (tertiary/aromatic N) is 14. The van der Waals surface area contributed by atoms with Crippen molar-refractivity contribution in [1.82, 2.24) is 79.0 Å². The van der Waals surface area contributed by atoms with E-state index >= 15 is 0 Å². The van der Waals surface area contributed by atoms with Crippen molar-refractivity contribution in [3.63, 3.8) is 0 Å². The summed E-state index contributed by atoms with van der Waals surface area (Å²) in [5.41, 5.74) is 13.8. The van der Waals surface area contributed by atoms with E-state index in [-0.39, 0.29) is 11.1 Å². The molecule has 12 aromatic rings. The average molecular weight is 1650 g/mol. The number of aromatic amines is 2. The maximum atomic E-state index is 11.3. The Labute approximate surface area is 685 Å². The van der Waals surface area contributed by atoms with Crippen molar-refractivity contribution < 1.29 is 37.9 Å². The second-order valence-electron chi connectivity index (χ2n) is 32.6. The molecule has 0 aliphatic carbocycles. The Bertz CT molecular complexity index is 5040. The molecule has 0 aliphatic rings. The summed E-state index contributed by atoms with van der Waals surface area (Å²) in [5, 5.41) is 18.1. The Balaban J connectivity index is 0.000000177. The summed E-state index contributed by atoms with van der Waals surface area (Å²) in [6.07, 6.45) is 7.20. The van der Waals surface area contributed by atoms with Gasteiger partial charge in [-0.3, -0.25) is 19.6 Å². The fourth-order valence-corrected chi connectivity index (χ4v) is 14.0. The summed E-state index contributed by atoms with van der Waals surface area (Å²) >= 11 is 0. The van der Waals surface area contributed by atoms with Gasteiger partial charge < -0.3 is 47.9 Å². The topological polar surface area (TPSA) is 288 Å². The van der Waals surface area contributed by atoms with Gasteiger partial charge in [-0.15, -0.1) is 20.4 Å². The van der Waals surface area contributed by atoms with Crippen LogP contribution >= 0.6 is 0 Å². The summed E-state index contributed by atoms with van der Waals surface area (Å²) in [6.45, 7) is 46.0. The van der Waals surface area contributed by atoms with Gasteiger partial charge in [0.2, 0.25) is 11.1 Å². The van der Waals surface area contributed by atoms with E-state index in [1.165, 1.54) is 12.1 Å². The fourth-order valence-electron chi connectivity index (χ4n) is 11.0. The molecule has 0 bridgehead atoms. The lowest BCUT2D eigenvalue weighted by Gasteiger charge is -2.15. The number of ether oxygens (including phenoxy) is 8. The molecule has 0 atom stereocenters. The van der Waals surface area contributed by atoms with E-state index < -0.39 is 32.3 Å². The van der Waals surface area contributed by atoms with Crippen molar-refractivity contribution in [2.24, 2.45) is 0 Å². The van der Waals surface area contributed by atoms with Crippen molar-refractivity contribution in [3.05, 3.63) is 202 Å². The van der Waals surface area contributed by atoms with Gasteiger partial charge in [0.15, 0.2) is 23.3 Å². The van der Waals surface area contributed by atoms with E-state index in [4.69, 9.17) is 37.9 Å². The predicted octanol–water partition coefficient (Wildman–Crippen LogP) is 18.1. The van der Waals surface area contributed by atoms with E-state index in [0.29, 0.717) is 108 Å². The van der Waals surface area contributed by atoms with Gasteiger partial charge in [0, 0.05) is 140 Å². The van der Waals surface area contributed by atoms with Crippen LogP contribution in [0.25, 0.3) is 90.1 Å². The zero-order chi connectivity index (χ0) is 83.4. The van der Waals surface area contributed by atoms with Crippen molar-refractivity contribution in [2.75, 3.05) is 52.9 Å². The minimum Gasteiger partial charge on any atom is -0.464 e. The number of hydrogen-bond donors (Lipinski definition) is 2. The monoisotopic (exact) mass is 1640 g/mol. The third kappa shape index (κ3) is 29.1. The maximum absolute atomic E-state index is 11.3. The van der Waals surface area contributed by atoms with Crippen LogP contribution < -0.4 is 30.1 Å². The molecule has 8 heterocycles. The van der Waals surface area contributed by atoms with E-state index in [0.717, 1.165) is 121 Å². The quantitative estimate of drug-likeness (QED) is 0.0272. The molecule has 0 amide bonds. The first-order chi connectivity index (χ1) is 55.4. The molecule has 2 N–H and O–H groups in total. The van der Waals surface area contributed by atoms with E-state index in [9.17, 15) is 9.59 Å². The SMILES string of the molecule is CCOc1nc(-c2ccc(-c3ccc(=O)[nH]c3)cc2)n(COCC[Si](C)(C)C)n1.CCOc1nc(-c2ccc(-c3ccc(=O)[nH]c3)cc2)nn1COCC[Si](C)(C)C.CCOc1nc(-c2ccc(-c3ccc(C)nc3)cc2)n(COCC[Si](C)(C)C)n1.CCOc1nc(-c2ccc(-c3ccc(C)nc3)cc2)nn1COCC[Si](C)(C)C. The molecular formula is C86H116N16O10Si4. The lowest BCUT2D eigenvalue weighted by molar-refractivity contribution is 0.0699. The third-order valence-corrected chi connectivity index (χ3v) is 24.6. The normalized spacial score (nSPS) is 11.6. The first-order valence-corrected chi connectivity index (χ1v) is 54.5. The summed E-state index contributed by atoms with van der Waals surface area (Å²) < 4.78 is 52.5. The van der Waals surface area contributed by atoms with Crippen LogP contribution in [0.1, 0.15) is 39.1 Å². The van der Waals surface area contributed by atoms with Crippen LogP contribution in [-0.2, 0) is 45.9 Å². The minimum atomic E-state index is -1.14. The molecule has 0 fully saturated rings. The average Bonchev–Trinajstić information content (AvgIpc) is 1.66. The van der Waals surface area contributed by atoms with Gasteiger partial charge in [0.1, 0.15) is 26.9 Å². The maximum Gasteiger partial charge on any atom is 0.336 e. The smallest absolute Gasteiger partial charge is 0.336 e. The molecule has 0 saturated carbocycles. The number of pyridine rings is 4. The van der Waals surface area contributed by atoms with E-state index in [1.807, 2.05) is 139 Å². The summed E-state index contributed by atoms with van der Waals surface area (Å²) in [7, 11) is -4.51. The molecule has 0 unspecified atom stereocenters. The van der Waals surface area contributed by atoms with Crippen LogP contribution in [-0.4, -0.2) is 164 Å². The molecule has 0 radical (unpaired) electrons. The highest BCUT2D eigenvalue weighted by molar-refractivity contribution is 6.77. The standard InChI is InChI=1S/2C22H30N4O2Si.2C21H28N4O3Si/c1-6-28-22-24-21(26(25-22)16-27-13-14-29(3,4)5)19-11-9-18(10-12-19)20-8-7-17(2)23-15-20;1-6-28-22-24-21(25-26(22)16-27-13-14-29(3,4)5)19-11-9-18(10-12-19)20-8-7-17(2)23-15-20;1-5-28-21-23-20(25(24-21)15-27-12-13-29(2,3)4)17-8-6-16(7-9-17)18-10-11-19(26)22-14-18;1-5-28-21-23-20(24-25(21)15-27-12-13-29(2,3)4)17-8-6-16(7-9-17)18-10-11-19(26)22-14-18/h2*7-12,15H,6,13-14,16H2,1-5H3;2*6-11,14H,5,12-13,15H2,1-4H3,(H,22,26). The molecule has 616 valence electrons. The first kappa shape index (κ1) is 89.5. The van der Waals surface area contributed by atoms with Gasteiger partial charge >= 0.3 is 24.0 Å². The van der Waals surface area contributed by atoms with Gasteiger partial charge in [-0.25, -0.2) is 9.36 Å². The molecule has 0 saturated heterocycles. The summed E-state index contributed by atoms with van der Waals surface area (Å²) in [4.78, 5) is 54.8. The predicted molar refractivity (Wildman–Crippen MR) is 471 cm³/mol. The summed E-state index contributed by atoms with van der Waals surface area (Å²) in [6, 6.07) is 53.2. The van der Waals surface area contributed by atoms with Crippen molar-refractivity contribution in [2.45, 2.75) is 171 Å². The highest BCUT2D eigenvalue weighted by atomic mass is 28.3. The minimum absolute atomic E-state index is 0.115. The Morgan fingerprint density at radius 2 is 0.586 bits per heavy atom. The number of rotatable bonds is 36. The zero-order valence-corrected chi connectivity index (χ0v) is 74.8. The van der Waals surface area contributed by atoms with Crippen LogP contribution in [0.3, 0.4) is 0 Å². The lowest BCUT2D eigenvalue weighted by atomic mass is 10.1. The van der Waals surface area contributed by atoms with Gasteiger partial charge in [0.25, 0.3) is 0 Å². The van der Waals surface area contributed by atoms with Crippen LogP contribution in [0.5, 0.6) is 24.0 Å². The second kappa shape index (κ2) is 43.0. The molecule has 0 spiro atoms. The van der Waals surface area contributed by atoms with Crippen LogP contribution in [0.4, 0.5) is 0 Å². The van der Waals surface area contributed by atoms with Crippen molar-refractivity contribution in [1.29, 1.82) is 0 Å². The largest absolute Gasteiger partial charge is 0.464 e. The third-order valence-electron chi connectivity index (χ3n) is 17.8. The number of hydrogen-bond acceptors (Lipinski definition) is 20. The van der Waals surface area contributed by atoms with E-state index in [1.54, 1.807) is 43.3 Å². The second-order valence-corrected chi connectivity index (χ2v) is 55.0. The molecule has 26 nitrogen and oxygen atoms in total. The highest BCUT2D eigenvalue weighted by Crippen LogP contribution is 2.31. The Hall–Kier alpha value is -10.5. The van der Waals surface area contributed by atoms with E-state index in [2.05, 4.69) is 175 Å². The lowest BCUT2D eigenvalue weighted by Crippen LogP contribution is -2.22. The van der Waals surface area contributed by atoms with Gasteiger partial charge in [-0.2, -0.15) is 29.3 Å². The molecule has 116 heavy (non-hydrogen) atoms. The molecule has 4 aromatic carbocycles. The van der Waals surface area contributed by atoms with Crippen LogP contribution in [0.2, 0.25) is 103 Å². The Morgan fingerprint density at radius 3 is 0.862 bits per heavy atom. The van der Waals surface area contributed by atoms with Gasteiger partial charge in [-0.1, -0.05) is 188 Å². The molecule has 0 aliphatic heterocycles. The summed E-state index contributed by atoms with van der Waals surface area (Å²) in [5.74, 6) is 2.68. The van der Waals surface area contributed by atoms with Crippen molar-refractivity contribution >= 4 is 32.3 Å². The molecular weight excluding hydrogens is 1530 g/mol. The molecule has 12 rings (SSSR count). The molecule has 8 aromatic heterocycles. The van der Waals surface area contributed by atoms with Gasteiger partial charge in [-0.05, 0) is 123 Å². The highest BCUT2D eigenvalue weighted by Gasteiger charge is 2.22. The first-order valence-electron chi connectivity index (χ1n) is 39.7. The number of aromatic nitrogens is 16. The van der Waals surface area contributed by atoms with Crippen LogP contribution in [0, 0.1) is 13.8 Å². The van der Waals surface area contributed by atoms with Gasteiger partial charge in [0.05, 0.1) is 26.4 Å². The number of H-pyrrole nitrogens is 2. The number of aryl methyl sites for hydroxylation is 2. The zero-order valence-electron chi connectivity index (χ0n) is 70.8. The van der Waals surface area contributed by atoms with Crippen molar-refractivity contribution in [3.8, 4) is 114 Å². The Kier molecular flexibility index (Phi) is 33.1.